The molecule has 1 saturated carbocycles. The Morgan fingerprint density at radius 1 is 0.794 bits per heavy atom. The van der Waals surface area contributed by atoms with E-state index in [1.54, 1.807) is 7.11 Å². The first-order valence-corrected chi connectivity index (χ1v) is 13.0. The van der Waals surface area contributed by atoms with Crippen LogP contribution in [-0.2, 0) is 6.42 Å². The average Bonchev–Trinajstić information content (AvgIpc) is 2.91. The lowest BCUT2D eigenvalue weighted by Gasteiger charge is -2.28. The summed E-state index contributed by atoms with van der Waals surface area (Å²) in [5.41, 5.74) is 3.90. The fourth-order valence-electron chi connectivity index (χ4n) is 4.93. The molecule has 1 aliphatic carbocycles. The van der Waals surface area contributed by atoms with E-state index < -0.39 is 0 Å². The van der Waals surface area contributed by atoms with Crippen LogP contribution < -0.4 is 9.47 Å². The number of methoxy groups -OCH3 is 1. The number of benzene rings is 2. The molecule has 4 rings (SSSR count). The molecule has 3 heteroatoms. The average molecular weight is 460 g/mol. The summed E-state index contributed by atoms with van der Waals surface area (Å²) in [5, 5.41) is 0. The van der Waals surface area contributed by atoms with Crippen molar-refractivity contribution < 1.29 is 13.9 Å². The summed E-state index contributed by atoms with van der Waals surface area (Å²) in [4.78, 5) is 0. The molecule has 34 heavy (non-hydrogen) atoms. The molecule has 0 N–H and O–H groups in total. The number of unbranched alkanes of at least 4 members (excludes halogenated alkanes) is 3. The molecule has 2 aromatic carbocycles. The van der Waals surface area contributed by atoms with Gasteiger partial charge in [-0.25, -0.2) is 4.42 Å². The second-order valence-corrected chi connectivity index (χ2v) is 9.65. The fourth-order valence-corrected chi connectivity index (χ4v) is 4.93. The van der Waals surface area contributed by atoms with Crippen LogP contribution in [0.15, 0.2) is 71.3 Å². The second kappa shape index (κ2) is 12.6. The number of rotatable bonds is 11. The fraction of sp³-hybridized carbons (Fsp3) is 0.452. The van der Waals surface area contributed by atoms with Crippen LogP contribution in [0.4, 0.5) is 0 Å². The third-order valence-corrected chi connectivity index (χ3v) is 7.16. The normalized spacial score (nSPS) is 17.9. The van der Waals surface area contributed by atoms with Crippen molar-refractivity contribution in [2.45, 2.75) is 70.6 Å². The monoisotopic (exact) mass is 459 g/mol. The standard InChI is InChI=1S/C31H39O3/c1-3-4-5-6-7-24-10-21-31(34-23-24)28-15-13-27(14-16-28)26-11-8-25(9-12-26)22-33-30-19-17-29(32-2)18-20-30/h10,13-21,23,25-26H,3-9,11-12,22H2,1-2H3/q+1. The van der Waals surface area contributed by atoms with Crippen LogP contribution in [-0.4, -0.2) is 13.7 Å². The Morgan fingerprint density at radius 2 is 1.53 bits per heavy atom. The maximum atomic E-state index is 6.03. The summed E-state index contributed by atoms with van der Waals surface area (Å²) in [5.74, 6) is 4.02. The van der Waals surface area contributed by atoms with Gasteiger partial charge in [-0.1, -0.05) is 38.3 Å². The minimum Gasteiger partial charge on any atom is -0.497 e. The highest BCUT2D eigenvalue weighted by atomic mass is 16.5. The van der Waals surface area contributed by atoms with Crippen LogP contribution in [0.3, 0.4) is 0 Å². The SMILES string of the molecule is CCCCCCc1ccc(-c2ccc(C3CCC(COc4ccc(OC)cc4)CC3)cc2)[o+]c1. The molecular weight excluding hydrogens is 420 g/mol. The first-order valence-electron chi connectivity index (χ1n) is 13.0. The van der Waals surface area contributed by atoms with Gasteiger partial charge in [0.15, 0.2) is 0 Å². The summed E-state index contributed by atoms with van der Waals surface area (Å²) in [6.45, 7) is 3.05. The highest BCUT2D eigenvalue weighted by Crippen LogP contribution is 2.37. The van der Waals surface area contributed by atoms with E-state index in [4.69, 9.17) is 13.9 Å². The lowest BCUT2D eigenvalue weighted by Crippen LogP contribution is -2.19. The van der Waals surface area contributed by atoms with Gasteiger partial charge in [0.1, 0.15) is 11.5 Å². The number of ether oxygens (including phenoxy) is 2. The first kappa shape index (κ1) is 24.3. The van der Waals surface area contributed by atoms with Crippen LogP contribution in [0, 0.1) is 5.92 Å². The molecule has 0 spiro atoms. The van der Waals surface area contributed by atoms with Gasteiger partial charge in [-0.2, -0.15) is 0 Å². The highest BCUT2D eigenvalue weighted by molar-refractivity contribution is 5.57. The molecule has 0 aliphatic heterocycles. The lowest BCUT2D eigenvalue weighted by molar-refractivity contribution is 0.200. The minimum atomic E-state index is 0.636. The van der Waals surface area contributed by atoms with Crippen molar-refractivity contribution in [1.29, 1.82) is 0 Å². The van der Waals surface area contributed by atoms with E-state index in [1.165, 1.54) is 62.5 Å². The van der Waals surface area contributed by atoms with Gasteiger partial charge in [0.2, 0.25) is 0 Å². The Kier molecular flexibility index (Phi) is 9.01. The van der Waals surface area contributed by atoms with E-state index in [1.807, 2.05) is 30.5 Å². The minimum absolute atomic E-state index is 0.636. The molecule has 0 radical (unpaired) electrons. The third-order valence-electron chi connectivity index (χ3n) is 7.16. The van der Waals surface area contributed by atoms with Crippen molar-refractivity contribution in [3.63, 3.8) is 0 Å². The molecule has 180 valence electrons. The van der Waals surface area contributed by atoms with E-state index in [0.29, 0.717) is 11.8 Å². The molecular formula is C31H39O3+. The van der Waals surface area contributed by atoms with Crippen molar-refractivity contribution >= 4 is 0 Å². The summed E-state index contributed by atoms with van der Waals surface area (Å²) >= 11 is 0. The van der Waals surface area contributed by atoms with Crippen molar-refractivity contribution in [2.24, 2.45) is 5.92 Å². The van der Waals surface area contributed by atoms with Crippen LogP contribution >= 0.6 is 0 Å². The molecule has 1 aromatic heterocycles. The number of hydrogen-bond acceptors (Lipinski definition) is 2. The molecule has 0 unspecified atom stereocenters. The zero-order valence-corrected chi connectivity index (χ0v) is 20.8. The molecule has 3 aromatic rings. The molecule has 1 fully saturated rings. The van der Waals surface area contributed by atoms with E-state index in [0.717, 1.165) is 35.9 Å². The quantitative estimate of drug-likeness (QED) is 0.212. The number of hydrogen-bond donors (Lipinski definition) is 0. The van der Waals surface area contributed by atoms with Gasteiger partial charge in [0, 0.05) is 11.6 Å². The molecule has 0 saturated heterocycles. The summed E-state index contributed by atoms with van der Waals surface area (Å²) in [6, 6.07) is 21.2. The summed E-state index contributed by atoms with van der Waals surface area (Å²) in [6.07, 6.45) is 13.1. The maximum Gasteiger partial charge on any atom is 0.359 e. The van der Waals surface area contributed by atoms with Crippen molar-refractivity contribution in [3.8, 4) is 22.8 Å². The third kappa shape index (κ3) is 6.85. The lowest BCUT2D eigenvalue weighted by atomic mass is 9.79. The van der Waals surface area contributed by atoms with Crippen molar-refractivity contribution in [2.75, 3.05) is 13.7 Å². The van der Waals surface area contributed by atoms with Crippen LogP contribution in [0.1, 0.15) is 75.3 Å². The molecule has 0 bridgehead atoms. The Hall–Kier alpha value is -2.81. The van der Waals surface area contributed by atoms with Crippen LogP contribution in [0.5, 0.6) is 11.5 Å². The van der Waals surface area contributed by atoms with Gasteiger partial charge in [-0.15, -0.1) is 0 Å². The Morgan fingerprint density at radius 3 is 2.18 bits per heavy atom. The van der Waals surface area contributed by atoms with Crippen molar-refractivity contribution in [3.05, 3.63) is 78.1 Å². The van der Waals surface area contributed by atoms with Gasteiger partial charge in [-0.05, 0) is 98.4 Å². The maximum absolute atomic E-state index is 6.03. The number of aryl methyl sites for hydroxylation is 1. The zero-order chi connectivity index (χ0) is 23.6. The van der Waals surface area contributed by atoms with E-state index in [2.05, 4.69) is 43.3 Å². The van der Waals surface area contributed by atoms with E-state index in [9.17, 15) is 0 Å². The van der Waals surface area contributed by atoms with Crippen LogP contribution in [0.25, 0.3) is 11.3 Å². The largest absolute Gasteiger partial charge is 0.497 e. The van der Waals surface area contributed by atoms with Gasteiger partial charge in [-0.3, -0.25) is 0 Å². The Labute approximate surface area is 205 Å². The van der Waals surface area contributed by atoms with Gasteiger partial charge in [0.05, 0.1) is 19.3 Å². The molecule has 0 amide bonds. The van der Waals surface area contributed by atoms with Gasteiger partial charge < -0.3 is 9.47 Å². The van der Waals surface area contributed by atoms with Crippen molar-refractivity contribution in [1.82, 2.24) is 0 Å². The summed E-state index contributed by atoms with van der Waals surface area (Å²) in [7, 11) is 1.69. The Balaban J connectivity index is 1.23. The topological polar surface area (TPSA) is 29.8 Å². The predicted molar refractivity (Wildman–Crippen MR) is 140 cm³/mol. The van der Waals surface area contributed by atoms with E-state index >= 15 is 0 Å². The predicted octanol–water partition coefficient (Wildman–Crippen LogP) is 8.71. The molecule has 1 heterocycles. The Bertz CT molecular complexity index is 969. The molecule has 3 nitrogen and oxygen atoms in total. The molecule has 0 atom stereocenters. The van der Waals surface area contributed by atoms with Gasteiger partial charge >= 0.3 is 12.0 Å². The zero-order valence-electron chi connectivity index (χ0n) is 20.8. The first-order chi connectivity index (χ1) is 16.7. The highest BCUT2D eigenvalue weighted by Gasteiger charge is 2.23. The van der Waals surface area contributed by atoms with Crippen LogP contribution in [0.2, 0.25) is 0 Å². The summed E-state index contributed by atoms with van der Waals surface area (Å²) < 4.78 is 17.2. The smallest absolute Gasteiger partial charge is 0.359 e. The van der Waals surface area contributed by atoms with Gasteiger partial charge in [0.25, 0.3) is 0 Å². The molecule has 1 aliphatic rings. The second-order valence-electron chi connectivity index (χ2n) is 9.65. The van der Waals surface area contributed by atoms with E-state index in [-0.39, 0.29) is 0 Å².